The van der Waals surface area contributed by atoms with Gasteiger partial charge in [-0.05, 0) is 49.6 Å². The normalized spacial score (nSPS) is 27.1. The summed E-state index contributed by atoms with van der Waals surface area (Å²) in [5, 5.41) is 21.9. The van der Waals surface area contributed by atoms with Gasteiger partial charge in [0.1, 0.15) is 11.9 Å². The summed E-state index contributed by atoms with van der Waals surface area (Å²) in [7, 11) is 1.87. The average Bonchev–Trinajstić information content (AvgIpc) is 3.08. The third-order valence-electron chi connectivity index (χ3n) is 5.50. The Hall–Kier alpha value is -2.65. The molecule has 2 aliphatic rings. The number of benzene rings is 1. The fourth-order valence-electron chi connectivity index (χ4n) is 4.01. The molecule has 2 aromatic rings. The number of phenols is 1. The lowest BCUT2D eigenvalue weighted by Crippen LogP contribution is -2.55. The van der Waals surface area contributed by atoms with Gasteiger partial charge in [0.2, 0.25) is 0 Å². The summed E-state index contributed by atoms with van der Waals surface area (Å²) in [6, 6.07) is 8.72. The zero-order valence-corrected chi connectivity index (χ0v) is 14.6. The maximum atomic E-state index is 14.7. The SMILES string of the molecule is C#Cc1ccc(-c2ccc(N(C)[C@@H]3C[C@H]4CC[C@H](N4)[C@@H]3F)nn2)c(O)c1. The van der Waals surface area contributed by atoms with E-state index in [1.807, 2.05) is 18.0 Å². The van der Waals surface area contributed by atoms with Crippen LogP contribution in [0.4, 0.5) is 10.2 Å². The molecule has 134 valence electrons. The van der Waals surface area contributed by atoms with E-state index in [2.05, 4.69) is 21.4 Å². The molecule has 0 unspecified atom stereocenters. The standard InChI is InChI=1S/C20H21FN4O/c1-3-12-4-6-14(18(26)10-12)15-8-9-19(24-23-15)25(2)17-11-13-5-7-16(22-13)20(17)21/h1,4,6,8-10,13,16-17,20,22,26H,5,7,11H2,2H3/t13-,16+,17-,20+/m1/s1. The van der Waals surface area contributed by atoms with Gasteiger partial charge >= 0.3 is 0 Å². The lowest BCUT2D eigenvalue weighted by atomic mass is 9.96. The summed E-state index contributed by atoms with van der Waals surface area (Å²) >= 11 is 0. The second kappa shape index (κ2) is 6.58. The number of aromatic hydroxyl groups is 1. The second-order valence-corrected chi connectivity index (χ2v) is 7.06. The van der Waals surface area contributed by atoms with Crippen molar-refractivity contribution in [1.82, 2.24) is 15.5 Å². The van der Waals surface area contributed by atoms with Crippen LogP contribution in [-0.4, -0.2) is 46.6 Å². The monoisotopic (exact) mass is 352 g/mol. The third-order valence-corrected chi connectivity index (χ3v) is 5.50. The number of phenolic OH excluding ortho intramolecular Hbond substituents is 1. The molecule has 2 fully saturated rings. The van der Waals surface area contributed by atoms with Crippen molar-refractivity contribution in [2.24, 2.45) is 0 Å². The summed E-state index contributed by atoms with van der Waals surface area (Å²) < 4.78 is 14.7. The summed E-state index contributed by atoms with van der Waals surface area (Å²) in [6.07, 6.45) is 7.12. The molecule has 26 heavy (non-hydrogen) atoms. The molecule has 5 nitrogen and oxygen atoms in total. The molecule has 2 bridgehead atoms. The number of anilines is 1. The van der Waals surface area contributed by atoms with Crippen LogP contribution < -0.4 is 10.2 Å². The Morgan fingerprint density at radius 2 is 2.12 bits per heavy atom. The molecule has 2 saturated heterocycles. The highest BCUT2D eigenvalue weighted by Gasteiger charge is 2.43. The first-order valence-corrected chi connectivity index (χ1v) is 8.83. The van der Waals surface area contributed by atoms with Crippen molar-refractivity contribution in [1.29, 1.82) is 0 Å². The van der Waals surface area contributed by atoms with E-state index < -0.39 is 6.17 Å². The van der Waals surface area contributed by atoms with Crippen molar-refractivity contribution >= 4 is 5.82 Å². The molecular formula is C20H21FN4O. The van der Waals surface area contributed by atoms with Crippen molar-refractivity contribution in [3.8, 4) is 29.4 Å². The summed E-state index contributed by atoms with van der Waals surface area (Å²) in [6.45, 7) is 0. The van der Waals surface area contributed by atoms with E-state index in [0.717, 1.165) is 19.3 Å². The first-order valence-electron chi connectivity index (χ1n) is 8.83. The summed E-state index contributed by atoms with van der Waals surface area (Å²) in [5.41, 5.74) is 1.71. The van der Waals surface area contributed by atoms with E-state index in [9.17, 15) is 9.50 Å². The lowest BCUT2D eigenvalue weighted by Gasteiger charge is -2.38. The first-order chi connectivity index (χ1) is 12.6. The molecule has 6 heteroatoms. The van der Waals surface area contributed by atoms with Crippen molar-refractivity contribution < 1.29 is 9.50 Å². The topological polar surface area (TPSA) is 61.3 Å². The molecular weight excluding hydrogens is 331 g/mol. The molecule has 1 aromatic carbocycles. The van der Waals surface area contributed by atoms with Gasteiger partial charge in [0.15, 0.2) is 5.82 Å². The smallest absolute Gasteiger partial charge is 0.151 e. The van der Waals surface area contributed by atoms with Crippen molar-refractivity contribution in [2.45, 2.75) is 43.6 Å². The third kappa shape index (κ3) is 2.89. The number of hydrogen-bond acceptors (Lipinski definition) is 5. The molecule has 0 spiro atoms. The largest absolute Gasteiger partial charge is 0.507 e. The van der Waals surface area contributed by atoms with Gasteiger partial charge in [0, 0.05) is 30.3 Å². The predicted molar refractivity (Wildman–Crippen MR) is 98.7 cm³/mol. The zero-order valence-electron chi connectivity index (χ0n) is 14.6. The van der Waals surface area contributed by atoms with Gasteiger partial charge in [-0.3, -0.25) is 0 Å². The van der Waals surface area contributed by atoms with Gasteiger partial charge < -0.3 is 15.3 Å². The van der Waals surface area contributed by atoms with Crippen molar-refractivity contribution in [3.05, 3.63) is 35.9 Å². The molecule has 2 N–H and O–H groups in total. The Kier molecular flexibility index (Phi) is 4.25. The Morgan fingerprint density at radius 1 is 1.27 bits per heavy atom. The minimum Gasteiger partial charge on any atom is -0.507 e. The lowest BCUT2D eigenvalue weighted by molar-refractivity contribution is 0.176. The number of terminal acetylenes is 1. The highest BCUT2D eigenvalue weighted by molar-refractivity contribution is 5.68. The van der Waals surface area contributed by atoms with E-state index in [-0.39, 0.29) is 17.8 Å². The predicted octanol–water partition coefficient (Wildman–Crippen LogP) is 2.50. The summed E-state index contributed by atoms with van der Waals surface area (Å²) in [4.78, 5) is 1.88. The number of halogens is 1. The number of piperidine rings is 1. The number of rotatable bonds is 3. The molecule has 0 saturated carbocycles. The summed E-state index contributed by atoms with van der Waals surface area (Å²) in [5.74, 6) is 3.17. The van der Waals surface area contributed by atoms with Gasteiger partial charge in [-0.15, -0.1) is 16.6 Å². The molecule has 0 amide bonds. The van der Waals surface area contributed by atoms with Crippen LogP contribution in [0.1, 0.15) is 24.8 Å². The van der Waals surface area contributed by atoms with Crippen LogP contribution in [0.15, 0.2) is 30.3 Å². The molecule has 0 aliphatic carbocycles. The first kappa shape index (κ1) is 16.8. The quantitative estimate of drug-likeness (QED) is 0.831. The number of alkyl halides is 1. The number of nitrogens with one attached hydrogen (secondary N) is 1. The Bertz CT molecular complexity index is 848. The average molecular weight is 352 g/mol. The fraction of sp³-hybridized carbons (Fsp3) is 0.400. The van der Waals surface area contributed by atoms with Gasteiger partial charge in [-0.25, -0.2) is 4.39 Å². The van der Waals surface area contributed by atoms with Gasteiger partial charge in [0.25, 0.3) is 0 Å². The van der Waals surface area contributed by atoms with Crippen LogP contribution in [0.25, 0.3) is 11.3 Å². The van der Waals surface area contributed by atoms with E-state index in [1.165, 1.54) is 6.07 Å². The molecule has 0 radical (unpaired) electrons. The maximum absolute atomic E-state index is 14.7. The van der Waals surface area contributed by atoms with E-state index >= 15 is 0 Å². The van der Waals surface area contributed by atoms with Gasteiger partial charge in [-0.2, -0.15) is 0 Å². The van der Waals surface area contributed by atoms with Crippen LogP contribution in [0.3, 0.4) is 0 Å². The molecule has 2 aliphatic heterocycles. The fourth-order valence-corrected chi connectivity index (χ4v) is 4.01. The van der Waals surface area contributed by atoms with Crippen molar-refractivity contribution in [2.75, 3.05) is 11.9 Å². The molecule has 3 heterocycles. The number of nitrogens with zero attached hydrogens (tertiary/aromatic N) is 3. The minimum atomic E-state index is -0.916. The van der Waals surface area contributed by atoms with E-state index in [1.54, 1.807) is 18.2 Å². The number of hydrogen-bond donors (Lipinski definition) is 2. The van der Waals surface area contributed by atoms with Gasteiger partial charge in [-0.1, -0.05) is 5.92 Å². The van der Waals surface area contributed by atoms with E-state index in [4.69, 9.17) is 6.42 Å². The van der Waals surface area contributed by atoms with Gasteiger partial charge in [0.05, 0.1) is 11.7 Å². The second-order valence-electron chi connectivity index (χ2n) is 7.06. The highest BCUT2D eigenvalue weighted by atomic mass is 19.1. The highest BCUT2D eigenvalue weighted by Crippen LogP contribution is 2.34. The number of aromatic nitrogens is 2. The number of fused-ring (bicyclic) bond motifs is 2. The Labute approximate surface area is 152 Å². The Morgan fingerprint density at radius 3 is 2.81 bits per heavy atom. The van der Waals surface area contributed by atoms with Crippen LogP contribution in [-0.2, 0) is 0 Å². The Balaban J connectivity index is 1.55. The minimum absolute atomic E-state index is 0.0555. The van der Waals surface area contributed by atoms with Crippen LogP contribution in [0, 0.1) is 12.3 Å². The zero-order chi connectivity index (χ0) is 18.3. The van der Waals surface area contributed by atoms with E-state index in [0.29, 0.717) is 28.7 Å². The molecule has 1 aromatic heterocycles. The molecule has 4 rings (SSSR count). The maximum Gasteiger partial charge on any atom is 0.151 e. The van der Waals surface area contributed by atoms with Crippen LogP contribution >= 0.6 is 0 Å². The molecule has 4 atom stereocenters. The van der Waals surface area contributed by atoms with Crippen molar-refractivity contribution in [3.63, 3.8) is 0 Å². The van der Waals surface area contributed by atoms with Crippen LogP contribution in [0.2, 0.25) is 0 Å². The van der Waals surface area contributed by atoms with Crippen LogP contribution in [0.5, 0.6) is 5.75 Å².